The molecule has 100 valence electrons. The van der Waals surface area contributed by atoms with Crippen molar-refractivity contribution >= 4 is 33.5 Å². The lowest BCUT2D eigenvalue weighted by molar-refractivity contribution is 0.605. The molecule has 0 radical (unpaired) electrons. The number of unbranched alkanes of at least 4 members (excludes halogenated alkanes) is 1. The van der Waals surface area contributed by atoms with E-state index in [-0.39, 0.29) is 0 Å². The largest absolute Gasteiger partial charge is 0.464 e. The molecule has 0 bridgehead atoms. The summed E-state index contributed by atoms with van der Waals surface area (Å²) in [6.45, 7) is 1.03. The third kappa shape index (κ3) is 2.13. The number of fused-ring (bicyclic) bond motifs is 2. The Morgan fingerprint density at radius 2 is 1.79 bits per heavy atom. The molecule has 0 aliphatic heterocycles. The maximum atomic E-state index is 6.35. The second-order valence-electron chi connectivity index (χ2n) is 4.68. The molecule has 0 amide bonds. The van der Waals surface area contributed by atoms with Gasteiger partial charge in [0, 0.05) is 16.3 Å². The Morgan fingerprint density at radius 3 is 2.58 bits per heavy atom. The van der Waals surface area contributed by atoms with Crippen LogP contribution in [0.1, 0.15) is 18.4 Å². The van der Waals surface area contributed by atoms with Crippen molar-refractivity contribution in [1.82, 2.24) is 5.32 Å². The molecule has 3 aromatic rings. The van der Waals surface area contributed by atoms with Gasteiger partial charge in [-0.3, -0.25) is 0 Å². The van der Waals surface area contributed by atoms with Crippen LogP contribution in [0.2, 0.25) is 5.02 Å². The minimum atomic E-state index is 0.641. The molecule has 1 N–H and O–H groups in total. The Hall–Kier alpha value is -1.45. The third-order valence-electron chi connectivity index (χ3n) is 3.47. The van der Waals surface area contributed by atoms with Crippen molar-refractivity contribution in [3.63, 3.8) is 0 Å². The minimum absolute atomic E-state index is 0.641. The third-order valence-corrected chi connectivity index (χ3v) is 3.84. The zero-order valence-electron chi connectivity index (χ0n) is 10.8. The van der Waals surface area contributed by atoms with Crippen molar-refractivity contribution < 1.29 is 8.83 Å². The second-order valence-corrected chi connectivity index (χ2v) is 5.06. The average Bonchev–Trinajstić information content (AvgIpc) is 3.06. The smallest absolute Gasteiger partial charge is 0.153 e. The van der Waals surface area contributed by atoms with Crippen LogP contribution in [0.15, 0.2) is 33.5 Å². The fourth-order valence-electron chi connectivity index (χ4n) is 2.53. The van der Waals surface area contributed by atoms with E-state index in [1.54, 1.807) is 12.5 Å². The Kier molecular flexibility index (Phi) is 3.49. The molecule has 0 aliphatic rings. The first kappa shape index (κ1) is 12.6. The van der Waals surface area contributed by atoms with E-state index in [1.165, 1.54) is 5.56 Å². The van der Waals surface area contributed by atoms with E-state index in [0.717, 1.165) is 47.7 Å². The van der Waals surface area contributed by atoms with Gasteiger partial charge >= 0.3 is 0 Å². The van der Waals surface area contributed by atoms with Crippen LogP contribution in [-0.4, -0.2) is 13.6 Å². The van der Waals surface area contributed by atoms with Crippen molar-refractivity contribution in [1.29, 1.82) is 0 Å². The van der Waals surface area contributed by atoms with Gasteiger partial charge in [0.1, 0.15) is 5.58 Å². The summed E-state index contributed by atoms with van der Waals surface area (Å²) in [7, 11) is 1.97. The van der Waals surface area contributed by atoms with Gasteiger partial charge in [-0.1, -0.05) is 11.6 Å². The number of halogens is 1. The molecule has 0 atom stereocenters. The van der Waals surface area contributed by atoms with Crippen LogP contribution in [0.4, 0.5) is 0 Å². The molecule has 2 heterocycles. The summed E-state index contributed by atoms with van der Waals surface area (Å²) in [4.78, 5) is 0. The lowest BCUT2D eigenvalue weighted by Gasteiger charge is -2.06. The quantitative estimate of drug-likeness (QED) is 0.704. The van der Waals surface area contributed by atoms with Gasteiger partial charge in [-0.25, -0.2) is 0 Å². The number of benzene rings is 1. The maximum Gasteiger partial charge on any atom is 0.153 e. The van der Waals surface area contributed by atoms with Gasteiger partial charge in [0.05, 0.1) is 17.5 Å². The van der Waals surface area contributed by atoms with E-state index in [2.05, 4.69) is 5.32 Å². The van der Waals surface area contributed by atoms with Gasteiger partial charge in [0.25, 0.3) is 0 Å². The summed E-state index contributed by atoms with van der Waals surface area (Å²) in [6, 6.07) is 3.87. The van der Waals surface area contributed by atoms with Gasteiger partial charge in [-0.2, -0.15) is 0 Å². The number of hydrogen-bond acceptors (Lipinski definition) is 3. The fourth-order valence-corrected chi connectivity index (χ4v) is 2.82. The Bertz CT molecular complexity index is 647. The number of aryl methyl sites for hydroxylation is 1. The van der Waals surface area contributed by atoms with Crippen LogP contribution in [0.5, 0.6) is 0 Å². The molecule has 0 saturated carbocycles. The van der Waals surface area contributed by atoms with Gasteiger partial charge in [-0.05, 0) is 45.0 Å². The predicted octanol–water partition coefficient (Wildman–Crippen LogP) is 4.37. The van der Waals surface area contributed by atoms with Crippen molar-refractivity contribution in [2.45, 2.75) is 19.3 Å². The summed E-state index contributed by atoms with van der Waals surface area (Å²) in [5.74, 6) is 0. The molecule has 0 fully saturated rings. The maximum absolute atomic E-state index is 6.35. The van der Waals surface area contributed by atoms with Crippen LogP contribution >= 0.6 is 11.6 Å². The van der Waals surface area contributed by atoms with E-state index < -0.39 is 0 Å². The Labute approximate surface area is 116 Å². The molecule has 2 aromatic heterocycles. The molecule has 1 aromatic carbocycles. The van der Waals surface area contributed by atoms with Crippen molar-refractivity contribution in [3.8, 4) is 0 Å². The highest BCUT2D eigenvalue weighted by atomic mass is 35.5. The average molecular weight is 278 g/mol. The first-order chi connectivity index (χ1) is 9.33. The summed E-state index contributed by atoms with van der Waals surface area (Å²) in [5.41, 5.74) is 2.85. The summed E-state index contributed by atoms with van der Waals surface area (Å²) < 4.78 is 11.1. The molecule has 0 unspecified atom stereocenters. The highest BCUT2D eigenvalue weighted by molar-refractivity contribution is 6.40. The standard InChI is InChI=1S/C15H16ClNO2/c1-17-7-3-2-4-10-11-5-8-19-15(11)13(16)12-6-9-18-14(10)12/h5-6,8-9,17H,2-4,7H2,1H3. The molecule has 3 rings (SSSR count). The highest BCUT2D eigenvalue weighted by Gasteiger charge is 2.16. The van der Waals surface area contributed by atoms with E-state index in [0.29, 0.717) is 5.02 Å². The topological polar surface area (TPSA) is 38.3 Å². The first-order valence-electron chi connectivity index (χ1n) is 6.52. The normalized spacial score (nSPS) is 11.7. The number of hydrogen-bond donors (Lipinski definition) is 1. The van der Waals surface area contributed by atoms with E-state index in [1.807, 2.05) is 19.2 Å². The minimum Gasteiger partial charge on any atom is -0.464 e. The lowest BCUT2D eigenvalue weighted by atomic mass is 10.0. The Balaban J connectivity index is 2.05. The molecule has 3 nitrogen and oxygen atoms in total. The number of rotatable bonds is 5. The van der Waals surface area contributed by atoms with Crippen LogP contribution < -0.4 is 5.32 Å². The molecule has 19 heavy (non-hydrogen) atoms. The molecular formula is C15H16ClNO2. The monoisotopic (exact) mass is 277 g/mol. The predicted molar refractivity (Wildman–Crippen MR) is 77.9 cm³/mol. The molecule has 0 spiro atoms. The first-order valence-corrected chi connectivity index (χ1v) is 6.90. The lowest BCUT2D eigenvalue weighted by Crippen LogP contribution is -2.07. The van der Waals surface area contributed by atoms with E-state index in [4.69, 9.17) is 20.4 Å². The number of nitrogens with one attached hydrogen (secondary N) is 1. The second kappa shape index (κ2) is 5.27. The van der Waals surface area contributed by atoms with Crippen molar-refractivity contribution in [2.24, 2.45) is 0 Å². The van der Waals surface area contributed by atoms with Crippen LogP contribution in [0, 0.1) is 0 Å². The molecular weight excluding hydrogens is 262 g/mol. The zero-order chi connectivity index (χ0) is 13.2. The van der Waals surface area contributed by atoms with Crippen LogP contribution in [0.3, 0.4) is 0 Å². The summed E-state index contributed by atoms with van der Waals surface area (Å²) in [6.07, 6.45) is 6.59. The van der Waals surface area contributed by atoms with E-state index in [9.17, 15) is 0 Å². The van der Waals surface area contributed by atoms with Gasteiger partial charge < -0.3 is 14.2 Å². The van der Waals surface area contributed by atoms with Gasteiger partial charge in [0.2, 0.25) is 0 Å². The van der Waals surface area contributed by atoms with Crippen molar-refractivity contribution in [2.75, 3.05) is 13.6 Å². The fraction of sp³-hybridized carbons (Fsp3) is 0.333. The molecule has 0 saturated heterocycles. The Morgan fingerprint density at radius 1 is 1.05 bits per heavy atom. The van der Waals surface area contributed by atoms with Crippen LogP contribution in [-0.2, 0) is 6.42 Å². The molecule has 0 aliphatic carbocycles. The summed E-state index contributed by atoms with van der Waals surface area (Å²) in [5, 5.41) is 5.81. The molecule has 4 heteroatoms. The highest BCUT2D eigenvalue weighted by Crippen LogP contribution is 2.37. The van der Waals surface area contributed by atoms with Gasteiger partial charge in [-0.15, -0.1) is 0 Å². The van der Waals surface area contributed by atoms with Gasteiger partial charge in [0.15, 0.2) is 5.58 Å². The van der Waals surface area contributed by atoms with Crippen molar-refractivity contribution in [3.05, 3.63) is 35.2 Å². The van der Waals surface area contributed by atoms with E-state index >= 15 is 0 Å². The summed E-state index contributed by atoms with van der Waals surface area (Å²) >= 11 is 6.35. The van der Waals surface area contributed by atoms with Crippen LogP contribution in [0.25, 0.3) is 21.9 Å². The SMILES string of the molecule is CNCCCCc1c2ccoc2c(Cl)c2ccoc12. The zero-order valence-corrected chi connectivity index (χ0v) is 11.6. The number of furan rings is 2.